The second kappa shape index (κ2) is 8.16. The molecule has 0 saturated carbocycles. The van der Waals surface area contributed by atoms with Gasteiger partial charge in [-0.3, -0.25) is 14.4 Å². The Morgan fingerprint density at radius 3 is 2.59 bits per heavy atom. The molecule has 1 aliphatic heterocycles. The molecule has 11 heteroatoms. The summed E-state index contributed by atoms with van der Waals surface area (Å²) in [6.07, 6.45) is -1.55. The molecule has 0 radical (unpaired) electrons. The summed E-state index contributed by atoms with van der Waals surface area (Å²) in [5.41, 5.74) is 0.208. The van der Waals surface area contributed by atoms with E-state index >= 15 is 0 Å². The maximum Gasteiger partial charge on any atom is 0.419 e. The first-order valence-corrected chi connectivity index (χ1v) is 9.85. The second-order valence-electron chi connectivity index (χ2n) is 7.05. The summed E-state index contributed by atoms with van der Waals surface area (Å²) in [4.78, 5) is 22.5. The molecule has 7 nitrogen and oxygen atoms in total. The topological polar surface area (TPSA) is 75.9 Å². The van der Waals surface area contributed by atoms with E-state index in [-0.39, 0.29) is 24.1 Å². The number of anilines is 2. The van der Waals surface area contributed by atoms with Gasteiger partial charge in [0.1, 0.15) is 22.5 Å². The predicted molar refractivity (Wildman–Crippen MR) is 113 cm³/mol. The Hall–Kier alpha value is -3.58. The van der Waals surface area contributed by atoms with Crippen molar-refractivity contribution >= 4 is 29.1 Å². The Morgan fingerprint density at radius 1 is 1.19 bits per heavy atom. The lowest BCUT2D eigenvalue weighted by molar-refractivity contribution is -0.137. The molecule has 3 aromatic heterocycles. The maximum absolute atomic E-state index is 13.2. The number of carbonyl (C=O) groups is 1. The van der Waals surface area contributed by atoms with E-state index in [0.29, 0.717) is 16.9 Å². The number of rotatable bonds is 2. The van der Waals surface area contributed by atoms with E-state index in [4.69, 9.17) is 11.6 Å². The molecule has 0 spiro atoms. The molecule has 4 rings (SSSR count). The van der Waals surface area contributed by atoms with Crippen LogP contribution in [0.15, 0.2) is 36.7 Å². The van der Waals surface area contributed by atoms with Crippen molar-refractivity contribution in [3.63, 3.8) is 0 Å². The third-order valence-electron chi connectivity index (χ3n) is 4.88. The Bertz CT molecular complexity index is 1240. The average molecular weight is 461 g/mol. The highest BCUT2D eigenvalue weighted by molar-refractivity contribution is 6.30. The molecule has 1 N–H and O–H groups in total. The average Bonchev–Trinajstić information content (AvgIpc) is 3.19. The van der Waals surface area contributed by atoms with Gasteiger partial charge in [-0.15, -0.1) is 0 Å². The van der Waals surface area contributed by atoms with Crippen LogP contribution in [0.5, 0.6) is 0 Å². The van der Waals surface area contributed by atoms with Crippen LogP contribution in [0, 0.1) is 11.8 Å². The van der Waals surface area contributed by atoms with Gasteiger partial charge in [0.05, 0.1) is 23.4 Å². The summed E-state index contributed by atoms with van der Waals surface area (Å²) in [6, 6.07) is 5.25. The minimum absolute atomic E-state index is 0.0260. The van der Waals surface area contributed by atoms with Crippen LogP contribution >= 0.6 is 11.6 Å². The van der Waals surface area contributed by atoms with Crippen molar-refractivity contribution < 1.29 is 18.0 Å². The molecule has 3 aromatic rings. The van der Waals surface area contributed by atoms with Gasteiger partial charge in [-0.05, 0) is 31.2 Å². The van der Waals surface area contributed by atoms with E-state index in [2.05, 4.69) is 32.2 Å². The van der Waals surface area contributed by atoms with Gasteiger partial charge in [-0.1, -0.05) is 23.4 Å². The van der Waals surface area contributed by atoms with Crippen LogP contribution in [0.1, 0.15) is 40.1 Å². The fourth-order valence-electron chi connectivity index (χ4n) is 3.29. The number of hydrogen-bond donors (Lipinski definition) is 1. The number of fused-ring (bicyclic) bond motifs is 1. The van der Waals surface area contributed by atoms with E-state index in [1.165, 1.54) is 11.1 Å². The quantitative estimate of drug-likeness (QED) is 0.462. The van der Waals surface area contributed by atoms with E-state index in [9.17, 15) is 18.0 Å². The molecule has 4 heterocycles. The van der Waals surface area contributed by atoms with Crippen molar-refractivity contribution in [1.82, 2.24) is 19.7 Å². The van der Waals surface area contributed by atoms with Crippen molar-refractivity contribution in [3.05, 3.63) is 64.2 Å². The predicted octanol–water partition coefficient (Wildman–Crippen LogP) is 4.01. The summed E-state index contributed by atoms with van der Waals surface area (Å²) in [7, 11) is 1.75. The number of hydrogen-bond acceptors (Lipinski definition) is 5. The molecular weight excluding hydrogens is 445 g/mol. The van der Waals surface area contributed by atoms with Gasteiger partial charge in [0, 0.05) is 25.4 Å². The van der Waals surface area contributed by atoms with Gasteiger partial charge < -0.3 is 5.32 Å². The van der Waals surface area contributed by atoms with Gasteiger partial charge in [0.25, 0.3) is 5.91 Å². The summed E-state index contributed by atoms with van der Waals surface area (Å²) in [5.74, 6) is 6.13. The number of nitrogens with one attached hydrogen (secondary N) is 1. The molecule has 0 bridgehead atoms. The Morgan fingerprint density at radius 2 is 1.97 bits per heavy atom. The zero-order valence-corrected chi connectivity index (χ0v) is 17.7. The fraction of sp³-hybridized carbons (Fsp3) is 0.238. The van der Waals surface area contributed by atoms with Gasteiger partial charge in [-0.25, -0.2) is 9.97 Å². The number of carbonyl (C=O) groups excluding carboxylic acids is 1. The molecule has 32 heavy (non-hydrogen) atoms. The monoisotopic (exact) mass is 460 g/mol. The van der Waals surface area contributed by atoms with Crippen LogP contribution in [0.4, 0.5) is 24.8 Å². The number of halogens is 4. The van der Waals surface area contributed by atoms with Crippen LogP contribution < -0.4 is 10.2 Å². The molecule has 164 valence electrons. The molecule has 0 fully saturated rings. The molecule has 0 unspecified atom stereocenters. The minimum Gasteiger partial charge on any atom is -0.373 e. The van der Waals surface area contributed by atoms with Crippen molar-refractivity contribution in [1.29, 1.82) is 0 Å². The standard InChI is InChI=1S/C21H16ClF3N6O/c1-12-11-30(17-8-6-15(19(22)29-17)21(23,24)25)20(32)18-14(10-28-31(12)18)5-3-13-4-7-16(26-2)27-9-13/h4,6-10,12H,11H2,1-2H3,(H,26,27)/t12-/m0/s1. The summed E-state index contributed by atoms with van der Waals surface area (Å²) in [6.45, 7) is 2.00. The van der Waals surface area contributed by atoms with E-state index in [1.54, 1.807) is 30.1 Å². The highest BCUT2D eigenvalue weighted by Crippen LogP contribution is 2.35. The second-order valence-corrected chi connectivity index (χ2v) is 7.41. The molecule has 1 aliphatic rings. The van der Waals surface area contributed by atoms with Crippen molar-refractivity contribution in [2.24, 2.45) is 0 Å². The molecular formula is C21H16ClF3N6O. The highest BCUT2D eigenvalue weighted by atomic mass is 35.5. The van der Waals surface area contributed by atoms with Gasteiger partial charge >= 0.3 is 6.18 Å². The van der Waals surface area contributed by atoms with Gasteiger partial charge in [0.15, 0.2) is 0 Å². The number of nitrogens with zero attached hydrogens (tertiary/aromatic N) is 5. The first-order chi connectivity index (χ1) is 15.2. The molecule has 1 amide bonds. The summed E-state index contributed by atoms with van der Waals surface area (Å²) < 4.78 is 40.5. The van der Waals surface area contributed by atoms with Crippen molar-refractivity contribution in [2.45, 2.75) is 19.1 Å². The van der Waals surface area contributed by atoms with Gasteiger partial charge in [-0.2, -0.15) is 18.3 Å². The fourth-order valence-corrected chi connectivity index (χ4v) is 3.55. The smallest absolute Gasteiger partial charge is 0.373 e. The van der Waals surface area contributed by atoms with Crippen molar-refractivity contribution in [3.8, 4) is 11.8 Å². The van der Waals surface area contributed by atoms with E-state index in [0.717, 1.165) is 12.1 Å². The first kappa shape index (κ1) is 21.6. The lowest BCUT2D eigenvalue weighted by atomic mass is 10.1. The third kappa shape index (κ3) is 3.99. The Labute approximate surface area is 186 Å². The van der Waals surface area contributed by atoms with Crippen LogP contribution in [0.3, 0.4) is 0 Å². The summed E-state index contributed by atoms with van der Waals surface area (Å²) in [5, 5.41) is 6.46. The maximum atomic E-state index is 13.2. The Kier molecular flexibility index (Phi) is 5.52. The normalized spacial score (nSPS) is 15.8. The van der Waals surface area contributed by atoms with Crippen LogP contribution in [-0.4, -0.2) is 39.2 Å². The highest BCUT2D eigenvalue weighted by Gasteiger charge is 2.37. The van der Waals surface area contributed by atoms with Crippen LogP contribution in [0.2, 0.25) is 5.15 Å². The molecule has 0 aromatic carbocycles. The summed E-state index contributed by atoms with van der Waals surface area (Å²) >= 11 is 5.75. The number of pyridine rings is 2. The Balaban J connectivity index is 1.68. The zero-order chi connectivity index (χ0) is 23.0. The van der Waals surface area contributed by atoms with E-state index < -0.39 is 22.8 Å². The molecule has 0 aliphatic carbocycles. The van der Waals surface area contributed by atoms with Crippen molar-refractivity contribution in [2.75, 3.05) is 23.8 Å². The van der Waals surface area contributed by atoms with Crippen LogP contribution in [-0.2, 0) is 6.18 Å². The number of alkyl halides is 3. The first-order valence-electron chi connectivity index (χ1n) is 9.48. The largest absolute Gasteiger partial charge is 0.419 e. The zero-order valence-electron chi connectivity index (χ0n) is 16.9. The molecule has 0 saturated heterocycles. The van der Waals surface area contributed by atoms with Gasteiger partial charge in [0.2, 0.25) is 0 Å². The SMILES string of the molecule is CNc1ccc(C#Cc2cnn3c2C(=O)N(c2ccc(C(F)(F)F)c(Cl)n2)C[C@@H]3C)cn1. The number of amides is 1. The minimum atomic E-state index is -4.64. The van der Waals surface area contributed by atoms with Crippen LogP contribution in [0.25, 0.3) is 0 Å². The lowest BCUT2D eigenvalue weighted by Gasteiger charge is -2.31. The molecule has 1 atom stereocenters. The third-order valence-corrected chi connectivity index (χ3v) is 5.17. The van der Waals surface area contributed by atoms with E-state index in [1.807, 2.05) is 6.92 Å². The lowest BCUT2D eigenvalue weighted by Crippen LogP contribution is -2.43. The number of aromatic nitrogens is 4.